The summed E-state index contributed by atoms with van der Waals surface area (Å²) in [5, 5.41) is 10.4. The second-order valence-electron chi connectivity index (χ2n) is 5.53. The van der Waals surface area contributed by atoms with Crippen LogP contribution in [0.2, 0.25) is 0 Å². The maximum Gasteiger partial charge on any atom is 0.132 e. The molecule has 1 atom stereocenters. The highest BCUT2D eigenvalue weighted by atomic mass is 19.1. The summed E-state index contributed by atoms with van der Waals surface area (Å²) in [5.41, 5.74) is 4.03. The minimum absolute atomic E-state index is 0.237. The number of rotatable bonds is 4. The van der Waals surface area contributed by atoms with Gasteiger partial charge in [0.25, 0.3) is 0 Å². The Balaban J connectivity index is 1.85. The molecule has 1 unspecified atom stereocenters. The van der Waals surface area contributed by atoms with E-state index in [9.17, 15) is 9.50 Å². The van der Waals surface area contributed by atoms with Gasteiger partial charge < -0.3 is 9.84 Å². The molecule has 0 aromatic heterocycles. The minimum Gasteiger partial charge on any atom is -0.496 e. The summed E-state index contributed by atoms with van der Waals surface area (Å²) in [6.07, 6.45) is 2.93. The number of ether oxygens (including phenoxy) is 1. The van der Waals surface area contributed by atoms with Crippen LogP contribution in [0.25, 0.3) is 0 Å². The Morgan fingerprint density at radius 1 is 1.19 bits per heavy atom. The van der Waals surface area contributed by atoms with Crippen molar-refractivity contribution in [2.24, 2.45) is 0 Å². The third-order valence-corrected chi connectivity index (χ3v) is 4.16. The number of aliphatic hydroxyl groups excluding tert-OH is 1. The van der Waals surface area contributed by atoms with E-state index in [0.29, 0.717) is 12.2 Å². The highest BCUT2D eigenvalue weighted by molar-refractivity contribution is 5.39. The zero-order chi connectivity index (χ0) is 14.8. The number of aryl methyl sites for hydroxylation is 2. The van der Waals surface area contributed by atoms with Gasteiger partial charge in [0.15, 0.2) is 0 Å². The van der Waals surface area contributed by atoms with Crippen LogP contribution in [0.4, 0.5) is 4.39 Å². The van der Waals surface area contributed by atoms with Gasteiger partial charge in [0.1, 0.15) is 11.6 Å². The Kier molecular flexibility index (Phi) is 3.93. The van der Waals surface area contributed by atoms with Gasteiger partial charge in [0.05, 0.1) is 18.8 Å². The molecule has 0 saturated heterocycles. The van der Waals surface area contributed by atoms with Crippen LogP contribution in [0.5, 0.6) is 5.75 Å². The van der Waals surface area contributed by atoms with Gasteiger partial charge in [0.2, 0.25) is 0 Å². The Morgan fingerprint density at radius 2 is 2.00 bits per heavy atom. The number of aliphatic hydroxyl groups is 1. The number of hydrogen-bond acceptors (Lipinski definition) is 2. The lowest BCUT2D eigenvalue weighted by molar-refractivity contribution is 0.169. The van der Waals surface area contributed by atoms with Gasteiger partial charge in [-0.2, -0.15) is 0 Å². The largest absolute Gasteiger partial charge is 0.496 e. The summed E-state index contributed by atoms with van der Waals surface area (Å²) in [7, 11) is 1.49. The summed E-state index contributed by atoms with van der Waals surface area (Å²) in [4.78, 5) is 0. The molecule has 2 aromatic rings. The Hall–Kier alpha value is -1.87. The zero-order valence-electron chi connectivity index (χ0n) is 12.1. The van der Waals surface area contributed by atoms with E-state index in [1.165, 1.54) is 30.7 Å². The standard InChI is InChI=1S/C18H19FO2/c1-21-17-7-3-6-15(19)18(17)16(20)11-12-8-9-13-4-2-5-14(13)10-12/h3,6-10,16,20H,2,4-5,11H2,1H3. The van der Waals surface area contributed by atoms with E-state index in [4.69, 9.17) is 4.74 Å². The predicted molar refractivity (Wildman–Crippen MR) is 80.1 cm³/mol. The molecule has 3 heteroatoms. The fourth-order valence-electron chi connectivity index (χ4n) is 3.10. The van der Waals surface area contributed by atoms with Gasteiger partial charge in [-0.15, -0.1) is 0 Å². The molecule has 0 saturated carbocycles. The van der Waals surface area contributed by atoms with Crippen LogP contribution >= 0.6 is 0 Å². The second-order valence-corrected chi connectivity index (χ2v) is 5.53. The third-order valence-electron chi connectivity index (χ3n) is 4.16. The average molecular weight is 286 g/mol. The summed E-state index contributed by atoms with van der Waals surface area (Å²) >= 11 is 0. The monoisotopic (exact) mass is 286 g/mol. The van der Waals surface area contributed by atoms with Gasteiger partial charge in [-0.05, 0) is 48.1 Å². The molecule has 3 rings (SSSR count). The molecule has 0 radical (unpaired) electrons. The van der Waals surface area contributed by atoms with Crippen LogP contribution in [0, 0.1) is 5.82 Å². The van der Waals surface area contributed by atoms with Crippen LogP contribution in [0.1, 0.15) is 34.8 Å². The van der Waals surface area contributed by atoms with Crippen LogP contribution in [-0.4, -0.2) is 12.2 Å². The fourth-order valence-corrected chi connectivity index (χ4v) is 3.10. The van der Waals surface area contributed by atoms with Gasteiger partial charge >= 0.3 is 0 Å². The van der Waals surface area contributed by atoms with E-state index < -0.39 is 11.9 Å². The molecular formula is C18H19FO2. The van der Waals surface area contributed by atoms with Crippen LogP contribution in [0.15, 0.2) is 36.4 Å². The molecular weight excluding hydrogens is 267 g/mol. The Bertz CT molecular complexity index is 652. The van der Waals surface area contributed by atoms with Crippen molar-refractivity contribution in [2.45, 2.75) is 31.8 Å². The molecule has 0 amide bonds. The summed E-state index contributed by atoms with van der Waals surface area (Å²) < 4.78 is 19.1. The first kappa shape index (κ1) is 14.1. The minimum atomic E-state index is -0.902. The van der Waals surface area contributed by atoms with Crippen molar-refractivity contribution in [3.63, 3.8) is 0 Å². The number of benzene rings is 2. The number of methoxy groups -OCH3 is 1. The molecule has 110 valence electrons. The molecule has 2 nitrogen and oxygen atoms in total. The lowest BCUT2D eigenvalue weighted by Gasteiger charge is -2.16. The lowest BCUT2D eigenvalue weighted by Crippen LogP contribution is -2.07. The second kappa shape index (κ2) is 5.86. The summed E-state index contributed by atoms with van der Waals surface area (Å²) in [6.45, 7) is 0. The molecule has 0 heterocycles. The number of fused-ring (bicyclic) bond motifs is 1. The molecule has 21 heavy (non-hydrogen) atoms. The first-order chi connectivity index (χ1) is 10.2. The first-order valence-corrected chi connectivity index (χ1v) is 7.30. The van der Waals surface area contributed by atoms with E-state index in [-0.39, 0.29) is 5.56 Å². The van der Waals surface area contributed by atoms with Crippen molar-refractivity contribution in [2.75, 3.05) is 7.11 Å². The Morgan fingerprint density at radius 3 is 2.81 bits per heavy atom. The molecule has 1 aliphatic carbocycles. The van der Waals surface area contributed by atoms with Gasteiger partial charge in [-0.25, -0.2) is 4.39 Å². The first-order valence-electron chi connectivity index (χ1n) is 7.30. The summed E-state index contributed by atoms with van der Waals surface area (Å²) in [6, 6.07) is 10.9. The smallest absolute Gasteiger partial charge is 0.132 e. The number of halogens is 1. The van der Waals surface area contributed by atoms with E-state index in [2.05, 4.69) is 12.1 Å². The van der Waals surface area contributed by atoms with Crippen LogP contribution in [-0.2, 0) is 19.3 Å². The van der Waals surface area contributed by atoms with E-state index in [1.807, 2.05) is 6.07 Å². The topological polar surface area (TPSA) is 29.5 Å². The van der Waals surface area contributed by atoms with Gasteiger partial charge in [-0.3, -0.25) is 0 Å². The molecule has 1 N–H and O–H groups in total. The maximum absolute atomic E-state index is 14.0. The molecule has 0 fully saturated rings. The normalized spacial score (nSPS) is 14.8. The molecule has 0 spiro atoms. The fraction of sp³-hybridized carbons (Fsp3) is 0.333. The number of hydrogen-bond donors (Lipinski definition) is 1. The molecule has 0 bridgehead atoms. The summed E-state index contributed by atoms with van der Waals surface area (Å²) in [5.74, 6) is -0.0355. The highest BCUT2D eigenvalue weighted by Crippen LogP contribution is 2.31. The van der Waals surface area contributed by atoms with Crippen LogP contribution < -0.4 is 4.74 Å². The molecule has 1 aliphatic rings. The molecule has 2 aromatic carbocycles. The van der Waals surface area contributed by atoms with Gasteiger partial charge in [0, 0.05) is 6.42 Å². The van der Waals surface area contributed by atoms with E-state index in [1.54, 1.807) is 12.1 Å². The van der Waals surface area contributed by atoms with Crippen molar-refractivity contribution in [1.29, 1.82) is 0 Å². The maximum atomic E-state index is 14.0. The van der Waals surface area contributed by atoms with E-state index in [0.717, 1.165) is 18.4 Å². The quantitative estimate of drug-likeness (QED) is 0.930. The third kappa shape index (κ3) is 2.79. The van der Waals surface area contributed by atoms with Crippen molar-refractivity contribution in [1.82, 2.24) is 0 Å². The predicted octanol–water partition coefficient (Wildman–Crippen LogP) is 3.60. The lowest BCUT2D eigenvalue weighted by atomic mass is 9.97. The SMILES string of the molecule is COc1cccc(F)c1C(O)Cc1ccc2c(c1)CCC2. The van der Waals surface area contributed by atoms with Crippen LogP contribution in [0.3, 0.4) is 0 Å². The highest BCUT2D eigenvalue weighted by Gasteiger charge is 2.19. The van der Waals surface area contributed by atoms with Crippen molar-refractivity contribution in [3.05, 3.63) is 64.5 Å². The van der Waals surface area contributed by atoms with Crippen molar-refractivity contribution in [3.8, 4) is 5.75 Å². The van der Waals surface area contributed by atoms with Crippen molar-refractivity contribution < 1.29 is 14.2 Å². The average Bonchev–Trinajstić information content (AvgIpc) is 2.94. The van der Waals surface area contributed by atoms with Crippen molar-refractivity contribution >= 4 is 0 Å². The zero-order valence-corrected chi connectivity index (χ0v) is 12.1. The Labute approximate surface area is 124 Å². The van der Waals surface area contributed by atoms with E-state index >= 15 is 0 Å². The van der Waals surface area contributed by atoms with Gasteiger partial charge in [-0.1, -0.05) is 24.3 Å². The molecule has 0 aliphatic heterocycles.